The number of piperazine rings is 1. The lowest BCUT2D eigenvalue weighted by Gasteiger charge is -2.36. The van der Waals surface area contributed by atoms with E-state index in [1.807, 2.05) is 12.1 Å². The molecule has 1 fully saturated rings. The molecule has 2 N–H and O–H groups in total. The summed E-state index contributed by atoms with van der Waals surface area (Å²) in [6.45, 7) is 2.53. The van der Waals surface area contributed by atoms with Crippen LogP contribution in [0.25, 0.3) is 0 Å². The van der Waals surface area contributed by atoms with Crippen molar-refractivity contribution in [2.75, 3.05) is 36.4 Å². The number of hydrogen-bond donors (Lipinski definition) is 2. The van der Waals surface area contributed by atoms with E-state index in [-0.39, 0.29) is 17.6 Å². The molecular formula is C25H22N4O3. The number of benzene rings is 3. The summed E-state index contributed by atoms with van der Waals surface area (Å²) >= 11 is 0. The monoisotopic (exact) mass is 426 g/mol. The van der Waals surface area contributed by atoms with Gasteiger partial charge in [-0.1, -0.05) is 6.07 Å². The highest BCUT2D eigenvalue weighted by Gasteiger charge is 2.22. The fourth-order valence-electron chi connectivity index (χ4n) is 3.64. The number of rotatable bonds is 4. The van der Waals surface area contributed by atoms with Gasteiger partial charge in [0.1, 0.15) is 5.75 Å². The Morgan fingerprint density at radius 2 is 1.56 bits per heavy atom. The van der Waals surface area contributed by atoms with Crippen LogP contribution in [0, 0.1) is 11.3 Å². The maximum Gasteiger partial charge on any atom is 0.255 e. The Kier molecular flexibility index (Phi) is 6.04. The number of anilines is 2. The second-order valence-electron chi connectivity index (χ2n) is 7.52. The molecule has 1 heterocycles. The molecule has 4 rings (SSSR count). The second-order valence-corrected chi connectivity index (χ2v) is 7.52. The van der Waals surface area contributed by atoms with Crippen molar-refractivity contribution < 1.29 is 14.7 Å². The Morgan fingerprint density at radius 1 is 0.875 bits per heavy atom. The zero-order valence-corrected chi connectivity index (χ0v) is 17.4. The van der Waals surface area contributed by atoms with E-state index in [1.54, 1.807) is 53.4 Å². The summed E-state index contributed by atoms with van der Waals surface area (Å²) < 4.78 is 0. The Morgan fingerprint density at radius 3 is 2.22 bits per heavy atom. The van der Waals surface area contributed by atoms with Crippen LogP contribution in [0.15, 0.2) is 72.8 Å². The summed E-state index contributed by atoms with van der Waals surface area (Å²) in [6.07, 6.45) is 0. The van der Waals surface area contributed by atoms with Gasteiger partial charge in [0, 0.05) is 48.7 Å². The summed E-state index contributed by atoms with van der Waals surface area (Å²) in [5.74, 6) is -0.148. The number of phenols is 1. The van der Waals surface area contributed by atoms with Gasteiger partial charge in [-0.2, -0.15) is 5.26 Å². The number of phenolic OH excluding ortho intramolecular Hbond substituents is 1. The van der Waals surface area contributed by atoms with E-state index in [9.17, 15) is 14.7 Å². The lowest BCUT2D eigenvalue weighted by molar-refractivity contribution is 0.0746. The molecule has 7 heteroatoms. The molecule has 0 spiro atoms. The predicted octanol–water partition coefficient (Wildman–Crippen LogP) is 3.48. The standard InChI is InChI=1S/C25H22N4O3/c26-17-18-2-1-3-20(16-18)25(32)29-14-12-28(13-15-29)22-8-4-19(5-9-22)24(31)27-21-6-10-23(30)11-7-21/h1-11,16,30H,12-15H2,(H,27,31). The zero-order chi connectivity index (χ0) is 22.5. The van der Waals surface area contributed by atoms with Crippen LogP contribution in [-0.4, -0.2) is 48.0 Å². The average molecular weight is 426 g/mol. The van der Waals surface area contributed by atoms with Gasteiger partial charge >= 0.3 is 0 Å². The highest BCUT2D eigenvalue weighted by atomic mass is 16.3. The fourth-order valence-corrected chi connectivity index (χ4v) is 3.64. The van der Waals surface area contributed by atoms with Crippen LogP contribution in [0.2, 0.25) is 0 Å². The number of carbonyl (C=O) groups excluding carboxylic acids is 2. The third-order valence-corrected chi connectivity index (χ3v) is 5.43. The van der Waals surface area contributed by atoms with Gasteiger partial charge in [-0.15, -0.1) is 0 Å². The zero-order valence-electron chi connectivity index (χ0n) is 17.4. The highest BCUT2D eigenvalue weighted by Crippen LogP contribution is 2.20. The number of amides is 2. The lowest BCUT2D eigenvalue weighted by atomic mass is 10.1. The maximum atomic E-state index is 12.7. The molecule has 0 radical (unpaired) electrons. The highest BCUT2D eigenvalue weighted by molar-refractivity contribution is 6.04. The second kappa shape index (κ2) is 9.23. The van der Waals surface area contributed by atoms with Gasteiger partial charge in [0.2, 0.25) is 0 Å². The van der Waals surface area contributed by atoms with E-state index in [0.717, 1.165) is 5.69 Å². The summed E-state index contributed by atoms with van der Waals surface area (Å²) in [4.78, 5) is 29.1. The molecule has 32 heavy (non-hydrogen) atoms. The van der Waals surface area contributed by atoms with E-state index < -0.39 is 0 Å². The molecule has 7 nitrogen and oxygen atoms in total. The fraction of sp³-hybridized carbons (Fsp3) is 0.160. The Labute approximate surface area is 186 Å². The molecule has 160 valence electrons. The van der Waals surface area contributed by atoms with Crippen LogP contribution in [0.1, 0.15) is 26.3 Å². The Bertz CT molecular complexity index is 1160. The first-order chi connectivity index (χ1) is 15.5. The Balaban J connectivity index is 1.34. The first-order valence-electron chi connectivity index (χ1n) is 10.3. The number of aromatic hydroxyl groups is 1. The van der Waals surface area contributed by atoms with Gasteiger partial charge in [-0.25, -0.2) is 0 Å². The van der Waals surface area contributed by atoms with Crippen LogP contribution < -0.4 is 10.2 Å². The average Bonchev–Trinajstić information content (AvgIpc) is 2.85. The van der Waals surface area contributed by atoms with E-state index in [2.05, 4.69) is 16.3 Å². The van der Waals surface area contributed by atoms with Gasteiger partial charge in [-0.05, 0) is 66.7 Å². The van der Waals surface area contributed by atoms with Gasteiger partial charge in [0.15, 0.2) is 0 Å². The molecule has 0 bridgehead atoms. The number of nitrogens with one attached hydrogen (secondary N) is 1. The number of carbonyl (C=O) groups is 2. The molecule has 3 aromatic carbocycles. The third-order valence-electron chi connectivity index (χ3n) is 5.43. The van der Waals surface area contributed by atoms with Crippen molar-refractivity contribution in [3.05, 3.63) is 89.5 Å². The van der Waals surface area contributed by atoms with Crippen LogP contribution in [0.3, 0.4) is 0 Å². The van der Waals surface area contributed by atoms with Crippen LogP contribution in [-0.2, 0) is 0 Å². The number of nitrogens with zero attached hydrogens (tertiary/aromatic N) is 3. The van der Waals surface area contributed by atoms with E-state index in [0.29, 0.717) is 48.6 Å². The molecule has 0 saturated carbocycles. The quantitative estimate of drug-likeness (QED) is 0.623. The topological polar surface area (TPSA) is 96.7 Å². The van der Waals surface area contributed by atoms with Crippen molar-refractivity contribution in [2.24, 2.45) is 0 Å². The molecule has 1 aliphatic heterocycles. The summed E-state index contributed by atoms with van der Waals surface area (Å²) in [5.41, 5.74) is 3.14. The first-order valence-corrected chi connectivity index (χ1v) is 10.3. The Hall–Kier alpha value is -4.31. The minimum absolute atomic E-state index is 0.0667. The number of nitriles is 1. The first kappa shape index (κ1) is 20.9. The molecule has 0 aromatic heterocycles. The third kappa shape index (κ3) is 4.71. The molecule has 1 aliphatic rings. The number of hydrogen-bond acceptors (Lipinski definition) is 5. The predicted molar refractivity (Wildman–Crippen MR) is 122 cm³/mol. The van der Waals surface area contributed by atoms with Crippen molar-refractivity contribution >= 4 is 23.2 Å². The van der Waals surface area contributed by atoms with Crippen LogP contribution in [0.5, 0.6) is 5.75 Å². The maximum absolute atomic E-state index is 12.7. The summed E-state index contributed by atoms with van der Waals surface area (Å²) in [6, 6.07) is 22.5. The smallest absolute Gasteiger partial charge is 0.255 e. The van der Waals surface area contributed by atoms with E-state index in [4.69, 9.17) is 5.26 Å². The molecule has 3 aromatic rings. The van der Waals surface area contributed by atoms with Crippen molar-refractivity contribution in [2.45, 2.75) is 0 Å². The van der Waals surface area contributed by atoms with Gasteiger partial charge in [-0.3, -0.25) is 9.59 Å². The van der Waals surface area contributed by atoms with Crippen molar-refractivity contribution in [3.8, 4) is 11.8 Å². The largest absolute Gasteiger partial charge is 0.508 e. The summed E-state index contributed by atoms with van der Waals surface area (Å²) in [5, 5.41) is 21.2. The van der Waals surface area contributed by atoms with Crippen LogP contribution in [0.4, 0.5) is 11.4 Å². The minimum Gasteiger partial charge on any atom is -0.508 e. The minimum atomic E-state index is -0.225. The van der Waals surface area contributed by atoms with Gasteiger partial charge < -0.3 is 20.2 Å². The normalized spacial score (nSPS) is 13.3. The molecule has 0 aliphatic carbocycles. The molecule has 0 unspecified atom stereocenters. The van der Waals surface area contributed by atoms with E-state index >= 15 is 0 Å². The molecule has 2 amide bonds. The SMILES string of the molecule is N#Cc1cccc(C(=O)N2CCN(c3ccc(C(=O)Nc4ccc(O)cc4)cc3)CC2)c1. The lowest BCUT2D eigenvalue weighted by Crippen LogP contribution is -2.48. The van der Waals surface area contributed by atoms with Gasteiger partial charge in [0.05, 0.1) is 11.6 Å². The van der Waals surface area contributed by atoms with Crippen molar-refractivity contribution in [1.29, 1.82) is 5.26 Å². The molecule has 0 atom stereocenters. The van der Waals surface area contributed by atoms with Crippen molar-refractivity contribution in [1.82, 2.24) is 4.90 Å². The van der Waals surface area contributed by atoms with Crippen molar-refractivity contribution in [3.63, 3.8) is 0 Å². The van der Waals surface area contributed by atoms with Gasteiger partial charge in [0.25, 0.3) is 11.8 Å². The van der Waals surface area contributed by atoms with Crippen LogP contribution >= 0.6 is 0 Å². The van der Waals surface area contributed by atoms with E-state index in [1.165, 1.54) is 12.1 Å². The summed E-state index contributed by atoms with van der Waals surface area (Å²) in [7, 11) is 0. The molecular weight excluding hydrogens is 404 g/mol. The molecule has 1 saturated heterocycles.